The van der Waals surface area contributed by atoms with E-state index in [1.54, 1.807) is 6.20 Å². The molecule has 476 valence electrons. The lowest BCUT2D eigenvalue weighted by atomic mass is 9.12. The minimum atomic E-state index is -6.13. The SMILES string of the molecule is CCCCCCCCCCCCCCCC(=O)c1c[n+](Cc2ccccc2)ccn1.FC(F)(F)c1cc([B-](c2cc(C(F)(F)F)cc(C(F)(F)F)c2)(c2cc(C(F)(F)F)cc(C(F)(F)F)c2)c2cc(C(F)(F)F)cc(C(F)(F)F)c2)cc(C(F)(F)F)c1. The van der Waals surface area contributed by atoms with E-state index in [9.17, 15) is 110 Å². The smallest absolute Gasteiger partial charge is 0.292 e. The molecule has 0 saturated carbocycles. The summed E-state index contributed by atoms with van der Waals surface area (Å²) >= 11 is 0. The fourth-order valence-electron chi connectivity index (χ4n) is 9.97. The largest absolute Gasteiger partial charge is 0.416 e. The third-order valence-corrected chi connectivity index (χ3v) is 14.2. The number of hydrogen-bond donors (Lipinski definition) is 0. The van der Waals surface area contributed by atoms with E-state index < -0.39 is 195 Å². The van der Waals surface area contributed by atoms with Gasteiger partial charge in [-0.1, -0.05) is 163 Å². The monoisotopic (exact) mass is 1270 g/mol. The van der Waals surface area contributed by atoms with E-state index in [0.717, 1.165) is 19.4 Å². The van der Waals surface area contributed by atoms with Crippen LogP contribution in [0.15, 0.2) is 122 Å². The fraction of sp³-hybridized carbons (Fsp3) is 0.407. The Bertz CT molecular complexity index is 2790. The second-order valence-corrected chi connectivity index (χ2v) is 20.7. The number of hydrogen-bond acceptors (Lipinski definition) is 2. The summed E-state index contributed by atoms with van der Waals surface area (Å²) in [5, 5.41) is 0. The molecule has 6 rings (SSSR count). The molecule has 0 fully saturated rings. The van der Waals surface area contributed by atoms with Crippen LogP contribution in [0.5, 0.6) is 0 Å². The normalized spacial score (nSPS) is 13.2. The van der Waals surface area contributed by atoms with Crippen molar-refractivity contribution in [1.82, 2.24) is 4.98 Å². The number of ketones is 1. The summed E-state index contributed by atoms with van der Waals surface area (Å²) in [5.41, 5.74) is -28.4. The van der Waals surface area contributed by atoms with Crippen molar-refractivity contribution in [3.05, 3.63) is 177 Å². The second-order valence-electron chi connectivity index (χ2n) is 20.7. The Morgan fingerprint density at radius 2 is 0.644 bits per heavy atom. The molecule has 0 bridgehead atoms. The summed E-state index contributed by atoms with van der Waals surface area (Å²) < 4.78 is 343. The van der Waals surface area contributed by atoms with Crippen LogP contribution in [-0.4, -0.2) is 16.9 Å². The third kappa shape index (κ3) is 19.9. The van der Waals surface area contributed by atoms with Crippen LogP contribution in [0.25, 0.3) is 0 Å². The number of carbonyl (C=O) groups excluding carboxylic acids is 1. The molecule has 6 aromatic rings. The number of aromatic nitrogens is 2. The van der Waals surface area contributed by atoms with Gasteiger partial charge in [0.1, 0.15) is 6.15 Å². The molecule has 0 radical (unpaired) electrons. The molecule has 0 atom stereocenters. The van der Waals surface area contributed by atoms with Crippen molar-refractivity contribution in [1.29, 1.82) is 0 Å². The van der Waals surface area contributed by atoms with Crippen LogP contribution in [0.4, 0.5) is 105 Å². The van der Waals surface area contributed by atoms with Crippen molar-refractivity contribution < 1.29 is 115 Å². The molecule has 0 N–H and O–H groups in total. The topological polar surface area (TPSA) is 33.8 Å². The average Bonchev–Trinajstić information content (AvgIpc) is 0.722. The maximum absolute atomic E-state index is 14.2. The number of alkyl halides is 24. The fourth-order valence-corrected chi connectivity index (χ4v) is 9.97. The zero-order valence-electron chi connectivity index (χ0n) is 45.6. The molecule has 0 saturated heterocycles. The molecule has 5 aromatic carbocycles. The van der Waals surface area contributed by atoms with E-state index >= 15 is 0 Å². The van der Waals surface area contributed by atoms with Gasteiger partial charge in [-0.3, -0.25) is 4.79 Å². The maximum atomic E-state index is 14.2. The number of benzene rings is 5. The number of nitrogens with zero attached hydrogens (tertiary/aromatic N) is 2. The molecule has 0 spiro atoms. The van der Waals surface area contributed by atoms with Crippen LogP contribution in [0.2, 0.25) is 0 Å². The predicted molar refractivity (Wildman–Crippen MR) is 275 cm³/mol. The first-order valence-electron chi connectivity index (χ1n) is 26.8. The summed E-state index contributed by atoms with van der Waals surface area (Å²) in [5.74, 6) is 0.167. The lowest BCUT2D eigenvalue weighted by Crippen LogP contribution is -2.75. The van der Waals surface area contributed by atoms with Crippen LogP contribution in [0.1, 0.15) is 157 Å². The lowest BCUT2D eigenvalue weighted by molar-refractivity contribution is -0.689. The van der Waals surface area contributed by atoms with Gasteiger partial charge < -0.3 is 0 Å². The molecular weight excluding hydrogens is 1220 g/mol. The second kappa shape index (κ2) is 28.2. The van der Waals surface area contributed by atoms with Crippen molar-refractivity contribution in [2.24, 2.45) is 0 Å². The zero-order chi connectivity index (χ0) is 65.2. The van der Waals surface area contributed by atoms with Crippen LogP contribution in [-0.2, 0) is 56.0 Å². The summed E-state index contributed by atoms with van der Waals surface area (Å²) in [6.07, 6.45) is -31.4. The molecule has 0 unspecified atom stereocenters. The van der Waals surface area contributed by atoms with Crippen LogP contribution < -0.4 is 26.4 Å². The number of unbranched alkanes of at least 4 members (excludes halogenated alkanes) is 12. The summed E-state index contributed by atoms with van der Waals surface area (Å²) in [7, 11) is 0. The van der Waals surface area contributed by atoms with Gasteiger partial charge in [0.15, 0.2) is 30.4 Å². The van der Waals surface area contributed by atoms with E-state index in [2.05, 4.69) is 24.0 Å². The van der Waals surface area contributed by atoms with Gasteiger partial charge in [0, 0.05) is 12.0 Å². The quantitative estimate of drug-likeness (QED) is 0.0237. The Kier molecular flexibility index (Phi) is 23.0. The van der Waals surface area contributed by atoms with E-state index in [1.165, 1.54) is 76.2 Å². The van der Waals surface area contributed by atoms with Crippen molar-refractivity contribution in [3.63, 3.8) is 0 Å². The Morgan fingerprint density at radius 3 is 0.908 bits per heavy atom. The molecule has 1 aromatic heterocycles. The van der Waals surface area contributed by atoms with E-state index in [0.29, 0.717) is 12.1 Å². The summed E-state index contributed by atoms with van der Waals surface area (Å²) in [6, 6.07) is 1.49. The van der Waals surface area contributed by atoms with Gasteiger partial charge in [0.05, 0.1) is 50.7 Å². The first kappa shape index (κ1) is 71.0. The average molecular weight is 1270 g/mol. The third-order valence-electron chi connectivity index (χ3n) is 14.2. The number of carbonyl (C=O) groups is 1. The first-order chi connectivity index (χ1) is 40.1. The van der Waals surface area contributed by atoms with Gasteiger partial charge in [0.2, 0.25) is 0 Å². The Morgan fingerprint density at radius 1 is 0.379 bits per heavy atom. The lowest BCUT2D eigenvalue weighted by Gasteiger charge is -2.46. The summed E-state index contributed by atoms with van der Waals surface area (Å²) in [6.45, 7) is 3.04. The Hall–Kier alpha value is -6.77. The minimum Gasteiger partial charge on any atom is -0.292 e. The van der Waals surface area contributed by atoms with Gasteiger partial charge in [-0.25, -0.2) is 4.98 Å². The van der Waals surface area contributed by atoms with E-state index in [4.69, 9.17) is 0 Å². The van der Waals surface area contributed by atoms with Crippen LogP contribution in [0.3, 0.4) is 0 Å². The highest BCUT2D eigenvalue weighted by atomic mass is 19.4. The highest BCUT2D eigenvalue weighted by Crippen LogP contribution is 2.41. The maximum Gasteiger partial charge on any atom is 0.416 e. The standard InChI is InChI=1S/C32H12BF24.C27H41N2O/c34-25(35,36)13-1-14(26(37,38)39)6-21(5-13)33(22-7-15(27(40,41)42)2-16(8-22)28(43,44)45,23-9-17(29(46,47)48)3-18(10-23)30(49,50)51)24-11-19(31(52,53)54)4-20(12-24)32(55,56)57;1-2-3-4-5-6-7-8-9-10-11-12-13-17-20-27(30)26-24-29(22-21-28-26)23-25-18-15-14-16-19-25/h1-12H;14-16,18-19,21-22,24H,2-13,17,20,23H2,1H3/q-1;+1. The van der Waals surface area contributed by atoms with Gasteiger partial charge in [0.25, 0.3) is 0 Å². The molecule has 3 nitrogen and oxygen atoms in total. The van der Waals surface area contributed by atoms with Crippen LogP contribution in [0, 0.1) is 0 Å². The molecule has 0 aliphatic rings. The Labute approximate surface area is 482 Å². The molecule has 87 heavy (non-hydrogen) atoms. The highest BCUT2D eigenvalue weighted by Gasteiger charge is 2.47. The molecule has 1 heterocycles. The van der Waals surface area contributed by atoms with Gasteiger partial charge in [-0.05, 0) is 30.7 Å². The van der Waals surface area contributed by atoms with Crippen molar-refractivity contribution in [2.75, 3.05) is 0 Å². The zero-order valence-corrected chi connectivity index (χ0v) is 45.6. The van der Waals surface area contributed by atoms with Gasteiger partial charge in [-0.15, -0.1) is 0 Å². The number of halogens is 24. The van der Waals surface area contributed by atoms with Crippen molar-refractivity contribution in [3.8, 4) is 0 Å². The first-order valence-corrected chi connectivity index (χ1v) is 26.8. The van der Waals surface area contributed by atoms with Crippen LogP contribution >= 0.6 is 0 Å². The van der Waals surface area contributed by atoms with Crippen molar-refractivity contribution in [2.45, 2.75) is 153 Å². The molecule has 0 aliphatic heterocycles. The van der Waals surface area contributed by atoms with Crippen molar-refractivity contribution >= 4 is 33.8 Å². The van der Waals surface area contributed by atoms with Gasteiger partial charge in [-0.2, -0.15) is 132 Å². The number of rotatable bonds is 21. The summed E-state index contributed by atoms with van der Waals surface area (Å²) in [4.78, 5) is 16.8. The van der Waals surface area contributed by atoms with E-state index in [1.807, 2.05) is 35.2 Å². The molecule has 0 amide bonds. The predicted octanol–water partition coefficient (Wildman–Crippen LogP) is 18.3. The van der Waals surface area contributed by atoms with Gasteiger partial charge >= 0.3 is 49.4 Å². The molecule has 0 aliphatic carbocycles. The molecular formula is C59H53BF24N2O. The highest BCUT2D eigenvalue weighted by molar-refractivity contribution is 7.20. The Balaban J connectivity index is 0.000000386. The minimum absolute atomic E-state index is 0.167. The molecule has 28 heteroatoms. The number of Topliss-reactive ketones (excluding diaryl/α,β-unsaturated/α-hetero) is 1. The van der Waals surface area contributed by atoms with E-state index in [-0.39, 0.29) is 5.78 Å².